The minimum Gasteiger partial charge on any atom is -0.478 e. The van der Waals surface area contributed by atoms with Crippen molar-refractivity contribution in [3.8, 4) is 11.1 Å². The van der Waals surface area contributed by atoms with Crippen molar-refractivity contribution in [2.45, 2.75) is 13.3 Å². The number of carbonyl (C=O) groups is 1. The van der Waals surface area contributed by atoms with Crippen molar-refractivity contribution in [1.82, 2.24) is 0 Å². The Morgan fingerprint density at radius 2 is 1.94 bits per heavy atom. The maximum absolute atomic E-state index is 11.3. The van der Waals surface area contributed by atoms with Gasteiger partial charge >= 0.3 is 5.97 Å². The average molecular weight is 224 g/mol. The van der Waals surface area contributed by atoms with Gasteiger partial charge in [-0.3, -0.25) is 0 Å². The predicted molar refractivity (Wildman–Crippen MR) is 66.4 cm³/mol. The smallest absolute Gasteiger partial charge is 0.336 e. The van der Waals surface area contributed by atoms with E-state index in [4.69, 9.17) is 0 Å². The minimum atomic E-state index is -0.849. The highest BCUT2D eigenvalue weighted by molar-refractivity contribution is 5.99. The summed E-state index contributed by atoms with van der Waals surface area (Å²) in [5, 5.41) is 9.27. The summed E-state index contributed by atoms with van der Waals surface area (Å²) in [6.07, 6.45) is 0.846. The molecule has 0 aliphatic heterocycles. The van der Waals surface area contributed by atoms with Gasteiger partial charge in [0.2, 0.25) is 0 Å². The van der Waals surface area contributed by atoms with Crippen LogP contribution in [0.15, 0.2) is 36.4 Å². The number of rotatable bonds is 1. The quantitative estimate of drug-likeness (QED) is 0.688. The van der Waals surface area contributed by atoms with Crippen LogP contribution in [-0.4, -0.2) is 11.1 Å². The highest BCUT2D eigenvalue weighted by atomic mass is 16.4. The third kappa shape index (κ3) is 1.37. The number of hydrogen-bond donors (Lipinski definition) is 1. The highest BCUT2D eigenvalue weighted by Gasteiger charge is 2.24. The Kier molecular flexibility index (Phi) is 2.05. The normalized spacial score (nSPS) is 12.1. The maximum Gasteiger partial charge on any atom is 0.336 e. The first kappa shape index (κ1) is 10.1. The van der Waals surface area contributed by atoms with Crippen LogP contribution in [0.3, 0.4) is 0 Å². The van der Waals surface area contributed by atoms with Gasteiger partial charge in [-0.2, -0.15) is 0 Å². The van der Waals surface area contributed by atoms with Crippen molar-refractivity contribution in [1.29, 1.82) is 0 Å². The van der Waals surface area contributed by atoms with Gasteiger partial charge in [0.15, 0.2) is 0 Å². The number of carboxylic acid groups (broad SMARTS) is 1. The molecule has 2 aromatic rings. The second-order valence-electron chi connectivity index (χ2n) is 4.42. The fraction of sp³-hybridized carbons (Fsp3) is 0.133. The van der Waals surface area contributed by atoms with Gasteiger partial charge in [-0.15, -0.1) is 0 Å². The van der Waals surface area contributed by atoms with Gasteiger partial charge in [-0.25, -0.2) is 4.79 Å². The van der Waals surface area contributed by atoms with E-state index in [0.29, 0.717) is 5.56 Å². The van der Waals surface area contributed by atoms with Crippen molar-refractivity contribution >= 4 is 5.97 Å². The summed E-state index contributed by atoms with van der Waals surface area (Å²) < 4.78 is 0. The molecule has 0 radical (unpaired) electrons. The lowest BCUT2D eigenvalue weighted by molar-refractivity contribution is 0.0697. The minimum absolute atomic E-state index is 0.413. The first-order chi connectivity index (χ1) is 8.18. The molecular formula is C15H12O2. The van der Waals surface area contributed by atoms with Crippen LogP contribution in [0, 0.1) is 6.92 Å². The summed E-state index contributed by atoms with van der Waals surface area (Å²) in [6, 6.07) is 11.6. The standard InChI is InChI=1S/C15H12O2/c1-9-6-7-12(15(16)17)14-11-5-3-2-4-10(11)8-13(9)14/h2-7H,8H2,1H3,(H,16,17). The van der Waals surface area contributed by atoms with Gasteiger partial charge in [0.1, 0.15) is 0 Å². The Bertz CT molecular complexity index is 627. The molecule has 17 heavy (non-hydrogen) atoms. The van der Waals surface area contributed by atoms with Crippen LogP contribution in [0.1, 0.15) is 27.0 Å². The lowest BCUT2D eigenvalue weighted by Gasteiger charge is -2.08. The first-order valence-corrected chi connectivity index (χ1v) is 5.62. The first-order valence-electron chi connectivity index (χ1n) is 5.62. The van der Waals surface area contributed by atoms with Gasteiger partial charge in [0.05, 0.1) is 5.56 Å². The summed E-state index contributed by atoms with van der Waals surface area (Å²) in [6.45, 7) is 2.04. The lowest BCUT2D eigenvalue weighted by Crippen LogP contribution is -2.01. The van der Waals surface area contributed by atoms with Crippen LogP contribution in [-0.2, 0) is 6.42 Å². The molecule has 0 spiro atoms. The van der Waals surface area contributed by atoms with E-state index >= 15 is 0 Å². The second kappa shape index (κ2) is 3.45. The predicted octanol–water partition coefficient (Wildman–Crippen LogP) is 3.26. The molecule has 3 rings (SSSR count). The third-order valence-corrected chi connectivity index (χ3v) is 3.43. The summed E-state index contributed by atoms with van der Waals surface area (Å²) in [7, 11) is 0. The Hall–Kier alpha value is -2.09. The Labute approximate surface area is 99.5 Å². The molecule has 0 amide bonds. The number of fused-ring (bicyclic) bond motifs is 3. The van der Waals surface area contributed by atoms with Gasteiger partial charge in [-0.05, 0) is 41.7 Å². The molecule has 0 atom stereocenters. The number of aryl methyl sites for hydroxylation is 1. The molecule has 0 heterocycles. The monoisotopic (exact) mass is 224 g/mol. The maximum atomic E-state index is 11.3. The average Bonchev–Trinajstić information content (AvgIpc) is 2.69. The molecule has 0 bridgehead atoms. The Morgan fingerprint density at radius 3 is 2.71 bits per heavy atom. The zero-order chi connectivity index (χ0) is 12.0. The molecule has 2 nitrogen and oxygen atoms in total. The molecule has 0 fully saturated rings. The largest absolute Gasteiger partial charge is 0.478 e. The van der Waals surface area contributed by atoms with Crippen LogP contribution < -0.4 is 0 Å². The topological polar surface area (TPSA) is 37.3 Å². The van der Waals surface area contributed by atoms with E-state index in [1.165, 1.54) is 11.1 Å². The molecule has 1 N–H and O–H groups in total. The SMILES string of the molecule is Cc1ccc(C(=O)O)c2c1Cc1ccccc1-2. The van der Waals surface area contributed by atoms with Gasteiger partial charge in [0, 0.05) is 5.56 Å². The van der Waals surface area contributed by atoms with Crippen LogP contribution in [0.2, 0.25) is 0 Å². The van der Waals surface area contributed by atoms with Crippen molar-refractivity contribution in [2.24, 2.45) is 0 Å². The van der Waals surface area contributed by atoms with Crippen molar-refractivity contribution < 1.29 is 9.90 Å². The van der Waals surface area contributed by atoms with E-state index < -0.39 is 5.97 Å². The van der Waals surface area contributed by atoms with Crippen molar-refractivity contribution in [3.63, 3.8) is 0 Å². The van der Waals surface area contributed by atoms with Crippen LogP contribution in [0.4, 0.5) is 0 Å². The molecule has 2 heteroatoms. The molecule has 0 unspecified atom stereocenters. The summed E-state index contributed by atoms with van der Waals surface area (Å²) >= 11 is 0. The van der Waals surface area contributed by atoms with Crippen molar-refractivity contribution in [2.75, 3.05) is 0 Å². The number of carboxylic acids is 1. The van der Waals surface area contributed by atoms with E-state index in [2.05, 4.69) is 6.07 Å². The Morgan fingerprint density at radius 1 is 1.18 bits per heavy atom. The molecule has 0 aromatic heterocycles. The van der Waals surface area contributed by atoms with Gasteiger partial charge in [0.25, 0.3) is 0 Å². The number of hydrogen-bond acceptors (Lipinski definition) is 1. The van der Waals surface area contributed by atoms with Crippen LogP contribution >= 0.6 is 0 Å². The van der Waals surface area contributed by atoms with E-state index in [0.717, 1.165) is 23.1 Å². The van der Waals surface area contributed by atoms with Crippen LogP contribution in [0.25, 0.3) is 11.1 Å². The van der Waals surface area contributed by atoms with E-state index in [1.54, 1.807) is 6.07 Å². The highest BCUT2D eigenvalue weighted by Crippen LogP contribution is 2.40. The zero-order valence-electron chi connectivity index (χ0n) is 9.53. The second-order valence-corrected chi connectivity index (χ2v) is 4.42. The van der Waals surface area contributed by atoms with Crippen molar-refractivity contribution in [3.05, 3.63) is 58.7 Å². The van der Waals surface area contributed by atoms with E-state index in [-0.39, 0.29) is 0 Å². The van der Waals surface area contributed by atoms with E-state index in [1.807, 2.05) is 31.2 Å². The number of benzene rings is 2. The third-order valence-electron chi connectivity index (χ3n) is 3.43. The Balaban J connectivity index is 2.37. The fourth-order valence-corrected chi connectivity index (χ4v) is 2.57. The fourth-order valence-electron chi connectivity index (χ4n) is 2.57. The zero-order valence-corrected chi connectivity index (χ0v) is 9.53. The molecule has 2 aromatic carbocycles. The lowest BCUT2D eigenvalue weighted by atomic mass is 9.96. The number of aromatic carboxylic acids is 1. The summed E-state index contributed by atoms with van der Waals surface area (Å²) in [5.74, 6) is -0.849. The van der Waals surface area contributed by atoms with Gasteiger partial charge < -0.3 is 5.11 Å². The van der Waals surface area contributed by atoms with E-state index in [9.17, 15) is 9.90 Å². The molecule has 84 valence electrons. The summed E-state index contributed by atoms with van der Waals surface area (Å²) in [5.41, 5.74) is 5.94. The molecule has 0 saturated carbocycles. The molecule has 0 saturated heterocycles. The molecule has 1 aliphatic rings. The van der Waals surface area contributed by atoms with Gasteiger partial charge in [-0.1, -0.05) is 30.3 Å². The van der Waals surface area contributed by atoms with Crippen LogP contribution in [0.5, 0.6) is 0 Å². The molecular weight excluding hydrogens is 212 g/mol. The molecule has 1 aliphatic carbocycles. The summed E-state index contributed by atoms with van der Waals surface area (Å²) in [4.78, 5) is 11.3.